The fourth-order valence-corrected chi connectivity index (χ4v) is 3.67. The molecule has 0 saturated carbocycles. The van der Waals surface area contributed by atoms with Crippen molar-refractivity contribution >= 4 is 35.1 Å². The number of hydrogen-bond donors (Lipinski definition) is 1. The first-order valence-corrected chi connectivity index (χ1v) is 8.68. The Balaban J connectivity index is 1.97. The molecule has 1 atom stereocenters. The minimum absolute atomic E-state index is 0.0985. The van der Waals surface area contributed by atoms with Crippen LogP contribution in [-0.4, -0.2) is 35.0 Å². The zero-order valence-electron chi connectivity index (χ0n) is 13.4. The zero-order valence-corrected chi connectivity index (χ0v) is 14.9. The lowest BCUT2D eigenvalue weighted by atomic mass is 9.75. The molecule has 1 unspecified atom stereocenters. The maximum Gasteiger partial charge on any atom is 0.407 e. The van der Waals surface area contributed by atoms with Crippen LogP contribution in [0.1, 0.15) is 22.3 Å². The van der Waals surface area contributed by atoms with Crippen molar-refractivity contribution in [2.24, 2.45) is 5.41 Å². The summed E-state index contributed by atoms with van der Waals surface area (Å²) in [6.07, 6.45) is -0.0406. The van der Waals surface area contributed by atoms with Gasteiger partial charge >= 0.3 is 6.09 Å². The zero-order chi connectivity index (χ0) is 18.0. The van der Waals surface area contributed by atoms with Crippen LogP contribution < -0.4 is 0 Å². The van der Waals surface area contributed by atoms with Crippen LogP contribution in [0, 0.1) is 5.41 Å². The van der Waals surface area contributed by atoms with Gasteiger partial charge in [-0.05, 0) is 36.6 Å². The number of carboxylic acid groups (broad SMARTS) is 1. The number of amides is 1. The van der Waals surface area contributed by atoms with Crippen LogP contribution in [-0.2, 0) is 6.42 Å². The summed E-state index contributed by atoms with van der Waals surface area (Å²) >= 11 is 12.0. The monoisotopic (exact) mass is 377 g/mol. The molecular weight excluding hydrogens is 361 g/mol. The summed E-state index contributed by atoms with van der Waals surface area (Å²) in [7, 11) is 0. The second kappa shape index (κ2) is 7.06. The maximum atomic E-state index is 13.3. The third-order valence-corrected chi connectivity index (χ3v) is 5.41. The number of ketones is 1. The summed E-state index contributed by atoms with van der Waals surface area (Å²) in [5, 5.41) is 10.0. The minimum Gasteiger partial charge on any atom is -0.465 e. The van der Waals surface area contributed by atoms with Gasteiger partial charge in [-0.25, -0.2) is 4.79 Å². The highest BCUT2D eigenvalue weighted by Crippen LogP contribution is 2.38. The lowest BCUT2D eigenvalue weighted by Gasteiger charge is -2.28. The van der Waals surface area contributed by atoms with E-state index in [0.29, 0.717) is 35.0 Å². The van der Waals surface area contributed by atoms with E-state index in [4.69, 9.17) is 23.2 Å². The first kappa shape index (κ1) is 17.8. The average molecular weight is 378 g/mol. The number of hydrogen-bond acceptors (Lipinski definition) is 2. The van der Waals surface area contributed by atoms with Crippen molar-refractivity contribution in [1.29, 1.82) is 0 Å². The summed E-state index contributed by atoms with van der Waals surface area (Å²) in [6.45, 7) is 0.519. The molecule has 2 aromatic carbocycles. The SMILES string of the molecule is O=C(O)N1CCC(Cc2ccccc2)(C(=O)c2ccc(Cl)c(Cl)c2)C1. The third-order valence-electron chi connectivity index (χ3n) is 4.67. The largest absolute Gasteiger partial charge is 0.465 e. The number of halogens is 2. The Labute approximate surface area is 156 Å². The first-order valence-electron chi connectivity index (χ1n) is 7.93. The molecule has 1 N–H and O–H groups in total. The van der Waals surface area contributed by atoms with Crippen molar-refractivity contribution in [3.05, 3.63) is 69.7 Å². The number of benzene rings is 2. The summed E-state index contributed by atoms with van der Waals surface area (Å²) in [4.78, 5) is 26.0. The van der Waals surface area contributed by atoms with Crippen molar-refractivity contribution < 1.29 is 14.7 Å². The van der Waals surface area contributed by atoms with E-state index in [0.717, 1.165) is 5.56 Å². The minimum atomic E-state index is -1.00. The molecule has 2 aromatic rings. The number of likely N-dealkylation sites (tertiary alicyclic amines) is 1. The van der Waals surface area contributed by atoms with Crippen LogP contribution in [0.5, 0.6) is 0 Å². The van der Waals surface area contributed by atoms with Crippen LogP contribution in [0.4, 0.5) is 4.79 Å². The van der Waals surface area contributed by atoms with E-state index >= 15 is 0 Å². The molecule has 0 bridgehead atoms. The van der Waals surface area contributed by atoms with Gasteiger partial charge in [0, 0.05) is 18.7 Å². The van der Waals surface area contributed by atoms with E-state index in [2.05, 4.69) is 0 Å². The molecule has 1 heterocycles. The smallest absolute Gasteiger partial charge is 0.407 e. The highest BCUT2D eigenvalue weighted by atomic mass is 35.5. The van der Waals surface area contributed by atoms with Crippen LogP contribution in [0.15, 0.2) is 48.5 Å². The molecule has 1 fully saturated rings. The van der Waals surface area contributed by atoms with Gasteiger partial charge in [0.1, 0.15) is 0 Å². The Morgan fingerprint density at radius 3 is 2.40 bits per heavy atom. The predicted molar refractivity (Wildman–Crippen MR) is 97.6 cm³/mol. The van der Waals surface area contributed by atoms with Gasteiger partial charge in [0.15, 0.2) is 5.78 Å². The Morgan fingerprint density at radius 1 is 1.08 bits per heavy atom. The molecule has 3 rings (SSSR count). The molecule has 0 spiro atoms. The molecule has 1 amide bonds. The van der Waals surface area contributed by atoms with E-state index < -0.39 is 11.5 Å². The van der Waals surface area contributed by atoms with Crippen LogP contribution in [0.3, 0.4) is 0 Å². The molecule has 0 radical (unpaired) electrons. The molecule has 1 saturated heterocycles. The lowest BCUT2D eigenvalue weighted by molar-refractivity contribution is 0.0796. The number of rotatable bonds is 4. The summed E-state index contributed by atoms with van der Waals surface area (Å²) in [5.41, 5.74) is 0.664. The standard InChI is InChI=1S/C19H17Cl2NO3/c20-15-7-6-14(10-16(15)21)17(23)19(8-9-22(12-19)18(24)25)11-13-4-2-1-3-5-13/h1-7,10H,8-9,11-12H2,(H,24,25). The van der Waals surface area contributed by atoms with Gasteiger partial charge in [0.2, 0.25) is 0 Å². The average Bonchev–Trinajstić information content (AvgIpc) is 3.03. The Kier molecular flexibility index (Phi) is 5.02. The highest BCUT2D eigenvalue weighted by Gasteiger charge is 2.46. The van der Waals surface area contributed by atoms with Gasteiger partial charge in [-0.1, -0.05) is 53.5 Å². The molecule has 0 aliphatic carbocycles. The molecular formula is C19H17Cl2NO3. The summed E-state index contributed by atoms with van der Waals surface area (Å²) < 4.78 is 0. The third kappa shape index (κ3) is 3.65. The van der Waals surface area contributed by atoms with Gasteiger partial charge in [-0.2, -0.15) is 0 Å². The summed E-state index contributed by atoms with van der Waals surface area (Å²) in [5.74, 6) is -0.0985. The lowest BCUT2D eigenvalue weighted by Crippen LogP contribution is -2.38. The van der Waals surface area contributed by atoms with Gasteiger partial charge < -0.3 is 10.0 Å². The summed E-state index contributed by atoms with van der Waals surface area (Å²) in [6, 6.07) is 14.4. The van der Waals surface area contributed by atoms with Crippen molar-refractivity contribution in [2.75, 3.05) is 13.1 Å². The molecule has 25 heavy (non-hydrogen) atoms. The second-order valence-corrected chi connectivity index (χ2v) is 7.17. The molecule has 6 heteroatoms. The van der Waals surface area contributed by atoms with E-state index in [1.165, 1.54) is 4.90 Å². The van der Waals surface area contributed by atoms with Gasteiger partial charge in [0.25, 0.3) is 0 Å². The number of carbonyl (C=O) groups is 2. The fourth-order valence-electron chi connectivity index (χ4n) is 3.38. The van der Waals surface area contributed by atoms with Crippen molar-refractivity contribution in [3.63, 3.8) is 0 Å². The van der Waals surface area contributed by atoms with Crippen LogP contribution in [0.25, 0.3) is 0 Å². The second-order valence-electron chi connectivity index (χ2n) is 6.35. The van der Waals surface area contributed by atoms with Crippen molar-refractivity contribution in [3.8, 4) is 0 Å². The Bertz CT molecular complexity index is 810. The van der Waals surface area contributed by atoms with E-state index in [-0.39, 0.29) is 12.3 Å². The Hall–Kier alpha value is -2.04. The molecule has 130 valence electrons. The molecule has 0 aromatic heterocycles. The molecule has 1 aliphatic heterocycles. The quantitative estimate of drug-likeness (QED) is 0.779. The van der Waals surface area contributed by atoms with Gasteiger partial charge in [0.05, 0.1) is 15.5 Å². The van der Waals surface area contributed by atoms with Crippen LogP contribution in [0.2, 0.25) is 10.0 Å². The number of nitrogens with zero attached hydrogens (tertiary/aromatic N) is 1. The maximum absolute atomic E-state index is 13.3. The van der Waals surface area contributed by atoms with Crippen molar-refractivity contribution in [1.82, 2.24) is 4.90 Å². The van der Waals surface area contributed by atoms with Gasteiger partial charge in [-0.3, -0.25) is 4.79 Å². The van der Waals surface area contributed by atoms with E-state index in [9.17, 15) is 14.7 Å². The molecule has 1 aliphatic rings. The predicted octanol–water partition coefficient (Wildman–Crippen LogP) is 4.79. The number of Topliss-reactive ketones (excluding diaryl/α,β-unsaturated/α-hetero) is 1. The van der Waals surface area contributed by atoms with Crippen molar-refractivity contribution in [2.45, 2.75) is 12.8 Å². The van der Waals surface area contributed by atoms with Gasteiger partial charge in [-0.15, -0.1) is 0 Å². The topological polar surface area (TPSA) is 57.6 Å². The normalized spacial score (nSPS) is 19.8. The Morgan fingerprint density at radius 2 is 1.80 bits per heavy atom. The number of carbonyl (C=O) groups excluding carboxylic acids is 1. The van der Waals surface area contributed by atoms with E-state index in [1.54, 1.807) is 18.2 Å². The highest BCUT2D eigenvalue weighted by molar-refractivity contribution is 6.42. The molecule has 4 nitrogen and oxygen atoms in total. The fraction of sp³-hybridized carbons (Fsp3) is 0.263. The first-order chi connectivity index (χ1) is 11.9. The van der Waals surface area contributed by atoms with E-state index in [1.807, 2.05) is 30.3 Å². The van der Waals surface area contributed by atoms with Crippen LogP contribution >= 0.6 is 23.2 Å².